The maximum atomic E-state index is 11.8. The first-order valence-electron chi connectivity index (χ1n) is 9.13. The highest BCUT2D eigenvalue weighted by molar-refractivity contribution is 14.0. The number of rotatable bonds is 9. The third-order valence-electron chi connectivity index (χ3n) is 4.22. The summed E-state index contributed by atoms with van der Waals surface area (Å²) in [5.41, 5.74) is 1.32. The molecule has 154 valence electrons. The molecule has 28 heavy (non-hydrogen) atoms. The minimum atomic E-state index is -0.218. The maximum Gasteiger partial charge on any atom is 0.287 e. The number of aliphatic imine (C=N–C) groups is 1. The van der Waals surface area contributed by atoms with E-state index in [0.717, 1.165) is 29.8 Å². The number of furan rings is 1. The molecule has 0 spiro atoms. The van der Waals surface area contributed by atoms with Crippen molar-refractivity contribution in [1.29, 1.82) is 0 Å². The van der Waals surface area contributed by atoms with Gasteiger partial charge in [0.2, 0.25) is 0 Å². The van der Waals surface area contributed by atoms with Crippen LogP contribution in [0, 0.1) is 5.92 Å². The Bertz CT molecular complexity index is 738. The number of amides is 1. The molecule has 1 amide bonds. The van der Waals surface area contributed by atoms with Gasteiger partial charge in [0.1, 0.15) is 0 Å². The quantitative estimate of drug-likeness (QED) is 0.188. The topological polar surface area (TPSA) is 78.7 Å². The zero-order chi connectivity index (χ0) is 19.5. The molecule has 6 nitrogen and oxygen atoms in total. The standard InChI is InChI=1S/C20H27BrN4O2.HI/c1-3-15(12-16-6-4-7-17(21)13-16)14-25-20(22-2)24-10-9-23-19(26)18-8-5-11-27-18;/h4-8,11,13,15H,3,9-10,12,14H2,1-2H3,(H,23,26)(H2,22,24,25);1H. The Morgan fingerprint density at radius 1 is 1.18 bits per heavy atom. The second-order valence-electron chi connectivity index (χ2n) is 6.22. The summed E-state index contributed by atoms with van der Waals surface area (Å²) >= 11 is 3.52. The molecule has 0 aliphatic rings. The van der Waals surface area contributed by atoms with Crippen molar-refractivity contribution < 1.29 is 9.21 Å². The van der Waals surface area contributed by atoms with E-state index in [9.17, 15) is 4.79 Å². The Hall–Kier alpha value is -1.55. The van der Waals surface area contributed by atoms with Crippen molar-refractivity contribution in [2.45, 2.75) is 19.8 Å². The number of hydrogen-bond donors (Lipinski definition) is 3. The molecule has 0 aliphatic heterocycles. The van der Waals surface area contributed by atoms with E-state index >= 15 is 0 Å². The molecular weight excluding hydrogens is 535 g/mol. The minimum Gasteiger partial charge on any atom is -0.459 e. The second-order valence-corrected chi connectivity index (χ2v) is 7.14. The van der Waals surface area contributed by atoms with Gasteiger partial charge < -0.3 is 20.4 Å². The van der Waals surface area contributed by atoms with Gasteiger partial charge in [0, 0.05) is 31.2 Å². The van der Waals surface area contributed by atoms with Crippen LogP contribution in [0.3, 0.4) is 0 Å². The van der Waals surface area contributed by atoms with Crippen LogP contribution >= 0.6 is 39.9 Å². The number of halogens is 2. The fourth-order valence-corrected chi connectivity index (χ4v) is 3.12. The Labute approximate surface area is 192 Å². The zero-order valence-electron chi connectivity index (χ0n) is 16.2. The molecule has 0 saturated heterocycles. The zero-order valence-corrected chi connectivity index (χ0v) is 20.1. The lowest BCUT2D eigenvalue weighted by Gasteiger charge is -2.18. The number of guanidine groups is 1. The first-order valence-corrected chi connectivity index (χ1v) is 9.92. The van der Waals surface area contributed by atoms with Crippen LogP contribution in [-0.2, 0) is 6.42 Å². The molecule has 2 aromatic rings. The lowest BCUT2D eigenvalue weighted by atomic mass is 9.97. The molecule has 1 atom stereocenters. The third-order valence-corrected chi connectivity index (χ3v) is 4.71. The molecule has 1 unspecified atom stereocenters. The Kier molecular flexibility index (Phi) is 11.9. The number of carbonyl (C=O) groups excluding carboxylic acids is 1. The van der Waals surface area contributed by atoms with E-state index in [1.807, 2.05) is 6.07 Å². The minimum absolute atomic E-state index is 0. The lowest BCUT2D eigenvalue weighted by Crippen LogP contribution is -2.43. The number of hydrogen-bond acceptors (Lipinski definition) is 3. The fourth-order valence-electron chi connectivity index (χ4n) is 2.67. The van der Waals surface area contributed by atoms with E-state index < -0.39 is 0 Å². The van der Waals surface area contributed by atoms with Crippen LogP contribution in [0.4, 0.5) is 0 Å². The largest absolute Gasteiger partial charge is 0.459 e. The van der Waals surface area contributed by atoms with Gasteiger partial charge in [0.25, 0.3) is 5.91 Å². The number of nitrogens with zero attached hydrogens (tertiary/aromatic N) is 1. The van der Waals surface area contributed by atoms with Gasteiger partial charge in [-0.3, -0.25) is 9.79 Å². The predicted molar refractivity (Wildman–Crippen MR) is 127 cm³/mol. The Morgan fingerprint density at radius 2 is 1.96 bits per heavy atom. The summed E-state index contributed by atoms with van der Waals surface area (Å²) in [6, 6.07) is 11.8. The van der Waals surface area contributed by atoms with Crippen LogP contribution in [0.25, 0.3) is 0 Å². The van der Waals surface area contributed by atoms with Crippen LogP contribution < -0.4 is 16.0 Å². The molecule has 2 rings (SSSR count). The molecule has 1 aromatic heterocycles. The molecular formula is C20H28BrIN4O2. The maximum absolute atomic E-state index is 11.8. The molecule has 1 aromatic carbocycles. The highest BCUT2D eigenvalue weighted by Crippen LogP contribution is 2.16. The van der Waals surface area contributed by atoms with Crippen LogP contribution in [0.2, 0.25) is 0 Å². The molecule has 0 saturated carbocycles. The second kappa shape index (κ2) is 13.6. The van der Waals surface area contributed by atoms with Crippen LogP contribution in [-0.4, -0.2) is 38.5 Å². The molecule has 1 heterocycles. The first-order chi connectivity index (χ1) is 13.1. The average molecular weight is 563 g/mol. The van der Waals surface area contributed by atoms with Crippen molar-refractivity contribution >= 4 is 51.8 Å². The van der Waals surface area contributed by atoms with Crippen molar-refractivity contribution in [3.8, 4) is 0 Å². The van der Waals surface area contributed by atoms with Crippen molar-refractivity contribution in [1.82, 2.24) is 16.0 Å². The summed E-state index contributed by atoms with van der Waals surface area (Å²) in [7, 11) is 1.74. The highest BCUT2D eigenvalue weighted by Gasteiger charge is 2.10. The van der Waals surface area contributed by atoms with Gasteiger partial charge in [-0.05, 0) is 42.2 Å². The monoisotopic (exact) mass is 562 g/mol. The van der Waals surface area contributed by atoms with Crippen molar-refractivity contribution in [2.75, 3.05) is 26.7 Å². The van der Waals surface area contributed by atoms with Gasteiger partial charge in [0.15, 0.2) is 11.7 Å². The summed E-state index contributed by atoms with van der Waals surface area (Å²) in [4.78, 5) is 16.0. The van der Waals surface area contributed by atoms with E-state index in [1.165, 1.54) is 11.8 Å². The number of carbonyl (C=O) groups is 1. The van der Waals surface area contributed by atoms with E-state index in [1.54, 1.807) is 19.2 Å². The van der Waals surface area contributed by atoms with Gasteiger partial charge >= 0.3 is 0 Å². The predicted octanol–water partition coefficient (Wildman–Crippen LogP) is 3.82. The smallest absolute Gasteiger partial charge is 0.287 e. The van der Waals surface area contributed by atoms with E-state index in [0.29, 0.717) is 24.8 Å². The molecule has 0 fully saturated rings. The normalized spacial score (nSPS) is 12.0. The van der Waals surface area contributed by atoms with E-state index in [2.05, 4.69) is 62.0 Å². The van der Waals surface area contributed by atoms with E-state index in [-0.39, 0.29) is 29.9 Å². The Balaban J connectivity index is 0.00000392. The summed E-state index contributed by atoms with van der Waals surface area (Å²) < 4.78 is 6.16. The summed E-state index contributed by atoms with van der Waals surface area (Å²) in [5.74, 6) is 1.34. The van der Waals surface area contributed by atoms with Crippen LogP contribution in [0.5, 0.6) is 0 Å². The summed E-state index contributed by atoms with van der Waals surface area (Å²) in [5, 5.41) is 9.37. The molecule has 8 heteroatoms. The Morgan fingerprint density at radius 3 is 2.61 bits per heavy atom. The van der Waals surface area contributed by atoms with Gasteiger partial charge in [-0.25, -0.2) is 0 Å². The first kappa shape index (κ1) is 24.5. The summed E-state index contributed by atoms with van der Waals surface area (Å²) in [6.45, 7) is 4.09. The molecule has 0 bridgehead atoms. The molecule has 0 radical (unpaired) electrons. The average Bonchev–Trinajstić information content (AvgIpc) is 3.21. The number of benzene rings is 1. The lowest BCUT2D eigenvalue weighted by molar-refractivity contribution is 0.0926. The fraction of sp³-hybridized carbons (Fsp3) is 0.400. The van der Waals surface area contributed by atoms with Crippen LogP contribution in [0.1, 0.15) is 29.5 Å². The van der Waals surface area contributed by atoms with E-state index in [4.69, 9.17) is 4.42 Å². The van der Waals surface area contributed by atoms with Gasteiger partial charge in [-0.2, -0.15) is 0 Å². The third kappa shape index (κ3) is 8.64. The molecule has 0 aliphatic carbocycles. The number of nitrogens with one attached hydrogen (secondary N) is 3. The van der Waals surface area contributed by atoms with Gasteiger partial charge in [-0.1, -0.05) is 41.4 Å². The SMILES string of the molecule is CCC(CNC(=NC)NCCNC(=O)c1ccco1)Cc1cccc(Br)c1.I. The van der Waals surface area contributed by atoms with Gasteiger partial charge in [-0.15, -0.1) is 24.0 Å². The molecule has 3 N–H and O–H groups in total. The highest BCUT2D eigenvalue weighted by atomic mass is 127. The van der Waals surface area contributed by atoms with Crippen molar-refractivity contribution in [3.63, 3.8) is 0 Å². The van der Waals surface area contributed by atoms with Crippen LogP contribution in [0.15, 0.2) is 56.5 Å². The van der Waals surface area contributed by atoms with Gasteiger partial charge in [0.05, 0.1) is 6.26 Å². The summed E-state index contributed by atoms with van der Waals surface area (Å²) in [6.07, 6.45) is 3.58. The van der Waals surface area contributed by atoms with Crippen molar-refractivity contribution in [2.24, 2.45) is 10.9 Å². The van der Waals surface area contributed by atoms with Crippen molar-refractivity contribution in [3.05, 3.63) is 58.5 Å².